The molecule has 4 atom stereocenters. The van der Waals surface area contributed by atoms with E-state index in [9.17, 15) is 19.5 Å². The van der Waals surface area contributed by atoms with Gasteiger partial charge in [0.15, 0.2) is 0 Å². The predicted octanol–water partition coefficient (Wildman–Crippen LogP) is 0.850. The Kier molecular flexibility index (Phi) is 5.80. The van der Waals surface area contributed by atoms with Gasteiger partial charge in [-0.2, -0.15) is 0 Å². The normalized spacial score (nSPS) is 28.4. The van der Waals surface area contributed by atoms with Crippen molar-refractivity contribution in [1.82, 2.24) is 10.2 Å². The molecule has 0 bridgehead atoms. The average Bonchev–Trinajstić information content (AvgIpc) is 2.78. The van der Waals surface area contributed by atoms with Crippen LogP contribution < -0.4 is 5.32 Å². The van der Waals surface area contributed by atoms with Gasteiger partial charge in [0.25, 0.3) is 0 Å². The number of carbonyl (C=O) groups is 3. The van der Waals surface area contributed by atoms with Crippen molar-refractivity contribution in [3.63, 3.8) is 0 Å². The van der Waals surface area contributed by atoms with E-state index < -0.39 is 36.2 Å². The van der Waals surface area contributed by atoms with E-state index in [1.807, 2.05) is 6.92 Å². The summed E-state index contributed by atoms with van der Waals surface area (Å²) in [5, 5.41) is 13.5. The number of hydrogen-bond donors (Lipinski definition) is 2. The zero-order chi connectivity index (χ0) is 20.8. The highest BCUT2D eigenvalue weighted by Gasteiger charge is 2.60. The standard InChI is InChI=1S/C19H28N2O6S/c1-9-13-12(10(2)22)16(23)21(13)14(15(9)28-11-6-20-7-11)17(24)26-8-27-18(25)19(3,4)5/h9-13,20,22H,6-8H2,1-5H3. The maximum Gasteiger partial charge on any atom is 0.358 e. The fraction of sp³-hybridized carbons (Fsp3) is 0.737. The number of carbonyl (C=O) groups excluding carboxylic acids is 3. The lowest BCUT2D eigenvalue weighted by atomic mass is 9.79. The van der Waals surface area contributed by atoms with Gasteiger partial charge in [0.05, 0.1) is 23.5 Å². The van der Waals surface area contributed by atoms with E-state index in [0.717, 1.165) is 18.0 Å². The van der Waals surface area contributed by atoms with Crippen LogP contribution in [-0.2, 0) is 23.9 Å². The second-order valence-electron chi connectivity index (χ2n) is 8.60. The Morgan fingerprint density at radius 2 is 1.96 bits per heavy atom. The SMILES string of the molecule is CC(O)C1C(=O)N2C(C(=O)OCOC(=O)C(C)(C)C)=C(SC3CNC3)C(C)C12. The number of fused-ring (bicyclic) bond motifs is 1. The third-order valence-electron chi connectivity index (χ3n) is 5.33. The summed E-state index contributed by atoms with van der Waals surface area (Å²) in [6, 6.07) is -0.247. The number of hydrogen-bond acceptors (Lipinski definition) is 8. The summed E-state index contributed by atoms with van der Waals surface area (Å²) in [5.41, 5.74) is -0.475. The molecule has 9 heteroatoms. The summed E-state index contributed by atoms with van der Waals surface area (Å²) in [6.45, 7) is 9.86. The summed E-state index contributed by atoms with van der Waals surface area (Å²) in [4.78, 5) is 39.5. The molecule has 0 saturated carbocycles. The first-order chi connectivity index (χ1) is 13.0. The third kappa shape index (κ3) is 3.67. The Labute approximate surface area is 169 Å². The minimum atomic E-state index is -0.782. The first-order valence-corrected chi connectivity index (χ1v) is 10.4. The van der Waals surface area contributed by atoms with Gasteiger partial charge in [0.2, 0.25) is 12.7 Å². The lowest BCUT2D eigenvalue weighted by Crippen LogP contribution is -2.63. The van der Waals surface area contributed by atoms with E-state index >= 15 is 0 Å². The van der Waals surface area contributed by atoms with Crippen LogP contribution in [-0.4, -0.2) is 65.1 Å². The number of ether oxygens (including phenoxy) is 2. The van der Waals surface area contributed by atoms with E-state index in [1.54, 1.807) is 39.5 Å². The first kappa shape index (κ1) is 21.1. The summed E-state index contributed by atoms with van der Waals surface area (Å²) in [7, 11) is 0. The summed E-state index contributed by atoms with van der Waals surface area (Å²) in [6.07, 6.45) is -0.782. The molecule has 0 aromatic rings. The fourth-order valence-electron chi connectivity index (χ4n) is 3.62. The Bertz CT molecular complexity index is 710. The monoisotopic (exact) mass is 412 g/mol. The van der Waals surface area contributed by atoms with Crippen molar-refractivity contribution in [2.45, 2.75) is 52.0 Å². The highest BCUT2D eigenvalue weighted by atomic mass is 32.2. The highest BCUT2D eigenvalue weighted by Crippen LogP contribution is 2.51. The number of nitrogens with zero attached hydrogens (tertiary/aromatic N) is 1. The maximum absolute atomic E-state index is 12.8. The zero-order valence-electron chi connectivity index (χ0n) is 16.9. The van der Waals surface area contributed by atoms with Crippen molar-refractivity contribution in [3.8, 4) is 0 Å². The van der Waals surface area contributed by atoms with E-state index in [-0.39, 0.29) is 23.6 Å². The molecule has 3 heterocycles. The van der Waals surface area contributed by atoms with Gasteiger partial charge < -0.3 is 24.8 Å². The zero-order valence-corrected chi connectivity index (χ0v) is 17.7. The van der Waals surface area contributed by atoms with Crippen LogP contribution in [0.2, 0.25) is 0 Å². The number of esters is 2. The number of nitrogens with one attached hydrogen (secondary N) is 1. The largest absolute Gasteiger partial charge is 0.427 e. The molecule has 28 heavy (non-hydrogen) atoms. The van der Waals surface area contributed by atoms with Crippen molar-refractivity contribution in [2.24, 2.45) is 17.3 Å². The van der Waals surface area contributed by atoms with Crippen LogP contribution in [0.15, 0.2) is 10.6 Å². The highest BCUT2D eigenvalue weighted by molar-refractivity contribution is 8.03. The van der Waals surface area contributed by atoms with Crippen molar-refractivity contribution in [2.75, 3.05) is 19.9 Å². The number of thioether (sulfide) groups is 1. The molecule has 2 fully saturated rings. The second kappa shape index (κ2) is 7.68. The van der Waals surface area contributed by atoms with Crippen molar-refractivity contribution in [1.29, 1.82) is 0 Å². The van der Waals surface area contributed by atoms with Crippen LogP contribution >= 0.6 is 11.8 Å². The fourth-order valence-corrected chi connectivity index (χ4v) is 5.02. The molecule has 3 aliphatic heterocycles. The van der Waals surface area contributed by atoms with Crippen molar-refractivity contribution < 1.29 is 29.0 Å². The third-order valence-corrected chi connectivity index (χ3v) is 6.82. The molecule has 0 aromatic heterocycles. The minimum Gasteiger partial charge on any atom is -0.427 e. The van der Waals surface area contributed by atoms with Gasteiger partial charge in [-0.1, -0.05) is 6.92 Å². The Hall–Kier alpha value is -1.58. The van der Waals surface area contributed by atoms with Crippen LogP contribution in [0.4, 0.5) is 0 Å². The molecule has 4 unspecified atom stereocenters. The Balaban J connectivity index is 1.75. The summed E-state index contributed by atoms with van der Waals surface area (Å²) < 4.78 is 10.2. The van der Waals surface area contributed by atoms with Gasteiger partial charge in [-0.3, -0.25) is 9.59 Å². The molecule has 0 aromatic carbocycles. The molecule has 3 aliphatic rings. The van der Waals surface area contributed by atoms with Crippen molar-refractivity contribution >= 4 is 29.6 Å². The topological polar surface area (TPSA) is 105 Å². The Morgan fingerprint density at radius 3 is 2.46 bits per heavy atom. The van der Waals surface area contributed by atoms with E-state index in [1.165, 1.54) is 4.90 Å². The Morgan fingerprint density at radius 1 is 1.32 bits per heavy atom. The number of aliphatic hydroxyl groups excluding tert-OH is 1. The van der Waals surface area contributed by atoms with Crippen LogP contribution in [0.3, 0.4) is 0 Å². The molecular formula is C19H28N2O6S. The predicted molar refractivity (Wildman–Crippen MR) is 103 cm³/mol. The van der Waals surface area contributed by atoms with E-state index in [0.29, 0.717) is 5.25 Å². The van der Waals surface area contributed by atoms with Crippen LogP contribution in [0.25, 0.3) is 0 Å². The number of β-lactam (4-membered cyclic amide) rings is 1. The van der Waals surface area contributed by atoms with Crippen LogP contribution in [0.1, 0.15) is 34.6 Å². The van der Waals surface area contributed by atoms with Gasteiger partial charge in [-0.15, -0.1) is 11.8 Å². The van der Waals surface area contributed by atoms with Gasteiger partial charge in [-0.05, 0) is 27.7 Å². The smallest absolute Gasteiger partial charge is 0.358 e. The summed E-state index contributed by atoms with van der Waals surface area (Å²) in [5.74, 6) is -2.01. The van der Waals surface area contributed by atoms with E-state index in [4.69, 9.17) is 9.47 Å². The molecule has 156 valence electrons. The number of amides is 1. The van der Waals surface area contributed by atoms with Crippen LogP contribution in [0, 0.1) is 17.3 Å². The van der Waals surface area contributed by atoms with Gasteiger partial charge >= 0.3 is 11.9 Å². The average molecular weight is 413 g/mol. The van der Waals surface area contributed by atoms with Gasteiger partial charge in [-0.25, -0.2) is 4.79 Å². The maximum atomic E-state index is 12.8. The molecule has 2 N–H and O–H groups in total. The molecule has 0 radical (unpaired) electrons. The molecular weight excluding hydrogens is 384 g/mol. The molecule has 0 spiro atoms. The summed E-state index contributed by atoms with van der Waals surface area (Å²) >= 11 is 1.58. The van der Waals surface area contributed by atoms with E-state index in [2.05, 4.69) is 5.32 Å². The second-order valence-corrected chi connectivity index (χ2v) is 9.94. The molecule has 1 amide bonds. The van der Waals surface area contributed by atoms with Gasteiger partial charge in [0, 0.05) is 29.2 Å². The van der Waals surface area contributed by atoms with Gasteiger partial charge in [0.1, 0.15) is 5.70 Å². The molecule has 2 saturated heterocycles. The molecule has 0 aliphatic carbocycles. The number of rotatable bonds is 6. The lowest BCUT2D eigenvalue weighted by molar-refractivity contribution is -0.175. The minimum absolute atomic E-state index is 0.0671. The van der Waals surface area contributed by atoms with Crippen molar-refractivity contribution in [3.05, 3.63) is 10.6 Å². The molecule has 8 nitrogen and oxygen atoms in total. The molecule has 3 rings (SSSR count). The van der Waals surface area contributed by atoms with Crippen LogP contribution in [0.5, 0.6) is 0 Å². The number of aliphatic hydroxyl groups is 1. The lowest BCUT2D eigenvalue weighted by Gasteiger charge is -2.46. The quantitative estimate of drug-likeness (QED) is 0.376. The first-order valence-electron chi connectivity index (χ1n) is 9.51.